The summed E-state index contributed by atoms with van der Waals surface area (Å²) in [7, 11) is 0. The number of rotatable bonds is 2. The molecule has 2 atom stereocenters. The van der Waals surface area contributed by atoms with Crippen LogP contribution in [0.2, 0.25) is 0 Å². The van der Waals surface area contributed by atoms with Crippen molar-refractivity contribution in [3.8, 4) is 0 Å². The van der Waals surface area contributed by atoms with Crippen LogP contribution in [0.15, 0.2) is 5.10 Å². The van der Waals surface area contributed by atoms with Crippen molar-refractivity contribution in [1.82, 2.24) is 10.3 Å². The van der Waals surface area contributed by atoms with Crippen LogP contribution in [0.4, 0.5) is 4.79 Å². The zero-order valence-electron chi connectivity index (χ0n) is 12.7. The predicted octanol–water partition coefficient (Wildman–Crippen LogP) is -0.203. The molecule has 9 heteroatoms. The average molecular weight is 311 g/mol. The fourth-order valence-corrected chi connectivity index (χ4v) is 2.15. The molecule has 2 heterocycles. The van der Waals surface area contributed by atoms with Crippen molar-refractivity contribution in [2.75, 3.05) is 6.61 Å². The number of nitrogens with zero attached hydrogens (tertiary/aromatic N) is 2. The quantitative estimate of drug-likeness (QED) is 0.554. The largest absolute Gasteiger partial charge is 0.461 e. The maximum absolute atomic E-state index is 12.3. The molecule has 0 unspecified atom stereocenters. The molecule has 0 saturated carbocycles. The molecular weight excluding hydrogens is 294 g/mol. The molecule has 0 aromatic carbocycles. The average Bonchev–Trinajstić information content (AvgIpc) is 2.89. The first-order valence-electron chi connectivity index (χ1n) is 6.78. The highest BCUT2D eigenvalue weighted by Gasteiger charge is 2.58. The lowest BCUT2D eigenvalue weighted by Gasteiger charge is -2.22. The number of carbonyl (C=O) groups excluding carboxylic acids is 4. The van der Waals surface area contributed by atoms with Crippen LogP contribution in [-0.2, 0) is 23.9 Å². The van der Waals surface area contributed by atoms with Gasteiger partial charge in [0.05, 0.1) is 6.61 Å². The summed E-state index contributed by atoms with van der Waals surface area (Å²) in [5.74, 6) is -3.61. The predicted molar refractivity (Wildman–Crippen MR) is 72.6 cm³/mol. The molecule has 1 fully saturated rings. The van der Waals surface area contributed by atoms with Crippen molar-refractivity contribution in [2.45, 2.75) is 39.3 Å². The second kappa shape index (κ2) is 5.39. The summed E-state index contributed by atoms with van der Waals surface area (Å²) in [6, 6.07) is -1.08. The Kier molecular flexibility index (Phi) is 3.90. The summed E-state index contributed by atoms with van der Waals surface area (Å²) in [4.78, 5) is 48.6. The molecule has 0 aliphatic carbocycles. The normalized spacial score (nSPS) is 23.8. The first-order valence-corrected chi connectivity index (χ1v) is 6.78. The Balaban J connectivity index is 2.21. The lowest BCUT2D eigenvalue weighted by molar-refractivity contribution is -0.140. The number of nitrogens with one attached hydrogen (secondary N) is 1. The third-order valence-corrected chi connectivity index (χ3v) is 2.99. The molecule has 3 amide bonds. The van der Waals surface area contributed by atoms with Gasteiger partial charge in [0.1, 0.15) is 17.6 Å². The molecule has 1 saturated heterocycles. The van der Waals surface area contributed by atoms with Gasteiger partial charge in [-0.25, -0.2) is 9.59 Å². The highest BCUT2D eigenvalue weighted by Crippen LogP contribution is 2.27. The van der Waals surface area contributed by atoms with Crippen molar-refractivity contribution in [2.24, 2.45) is 11.0 Å². The van der Waals surface area contributed by atoms with Crippen molar-refractivity contribution in [1.29, 1.82) is 0 Å². The summed E-state index contributed by atoms with van der Waals surface area (Å²) in [5, 5.41) is 3.68. The number of hydrogen-bond acceptors (Lipinski definition) is 8. The van der Waals surface area contributed by atoms with E-state index in [2.05, 4.69) is 10.5 Å². The van der Waals surface area contributed by atoms with Crippen LogP contribution < -0.4 is 5.43 Å². The first-order chi connectivity index (χ1) is 10.2. The second-order valence-corrected chi connectivity index (χ2v) is 5.79. The van der Waals surface area contributed by atoms with E-state index >= 15 is 0 Å². The Bertz CT molecular complexity index is 577. The molecule has 2 rings (SSSR count). The van der Waals surface area contributed by atoms with E-state index < -0.39 is 41.4 Å². The SMILES string of the molecule is CCOC(=O)C1=NN[C@@H]2C(=O)N(C(=O)OC(C)(C)C)C(=O)[C@@H]12. The fraction of sp³-hybridized carbons (Fsp3) is 0.615. The van der Waals surface area contributed by atoms with E-state index in [1.54, 1.807) is 27.7 Å². The van der Waals surface area contributed by atoms with Gasteiger partial charge >= 0.3 is 12.1 Å². The van der Waals surface area contributed by atoms with Gasteiger partial charge in [0.25, 0.3) is 11.8 Å². The van der Waals surface area contributed by atoms with Crippen LogP contribution in [0.25, 0.3) is 0 Å². The van der Waals surface area contributed by atoms with Gasteiger partial charge in [-0.3, -0.25) is 15.0 Å². The molecule has 0 aromatic rings. The number of carbonyl (C=O) groups is 4. The standard InChI is InChI=1S/C13H17N3O6/c1-5-21-11(19)8-6-7(14-15-8)10(18)16(9(6)17)12(20)22-13(2,3)4/h6-7,14H,5H2,1-4H3/t6-,7+/m1/s1. The van der Waals surface area contributed by atoms with Gasteiger partial charge in [0.2, 0.25) is 0 Å². The van der Waals surface area contributed by atoms with Crippen LogP contribution in [0.3, 0.4) is 0 Å². The van der Waals surface area contributed by atoms with E-state index in [0.29, 0.717) is 4.90 Å². The van der Waals surface area contributed by atoms with Crippen LogP contribution in [0.5, 0.6) is 0 Å². The molecule has 22 heavy (non-hydrogen) atoms. The van der Waals surface area contributed by atoms with Crippen molar-refractivity contribution >= 4 is 29.6 Å². The van der Waals surface area contributed by atoms with Gasteiger partial charge in [-0.1, -0.05) is 0 Å². The third kappa shape index (κ3) is 2.66. The number of hydrazone groups is 1. The van der Waals surface area contributed by atoms with Gasteiger partial charge in [-0.2, -0.15) is 10.0 Å². The first kappa shape index (κ1) is 15.9. The Labute approximate surface area is 126 Å². The van der Waals surface area contributed by atoms with Gasteiger partial charge < -0.3 is 9.47 Å². The lowest BCUT2D eigenvalue weighted by atomic mass is 9.99. The Morgan fingerprint density at radius 1 is 1.27 bits per heavy atom. The van der Waals surface area contributed by atoms with Crippen molar-refractivity contribution < 1.29 is 28.7 Å². The fourth-order valence-electron chi connectivity index (χ4n) is 2.15. The molecule has 0 bridgehead atoms. The summed E-state index contributed by atoms with van der Waals surface area (Å²) in [5.41, 5.74) is 1.33. The van der Waals surface area contributed by atoms with Crippen molar-refractivity contribution in [3.05, 3.63) is 0 Å². The van der Waals surface area contributed by atoms with Crippen LogP contribution in [0.1, 0.15) is 27.7 Å². The number of ether oxygens (including phenoxy) is 2. The lowest BCUT2D eigenvalue weighted by Crippen LogP contribution is -2.43. The highest BCUT2D eigenvalue weighted by molar-refractivity contribution is 6.44. The van der Waals surface area contributed by atoms with E-state index in [-0.39, 0.29) is 12.3 Å². The maximum Gasteiger partial charge on any atom is 0.424 e. The number of hydrogen-bond donors (Lipinski definition) is 1. The Morgan fingerprint density at radius 3 is 2.45 bits per heavy atom. The van der Waals surface area contributed by atoms with Gasteiger partial charge in [-0.05, 0) is 27.7 Å². The highest BCUT2D eigenvalue weighted by atomic mass is 16.6. The molecule has 9 nitrogen and oxygen atoms in total. The summed E-state index contributed by atoms with van der Waals surface area (Å²) >= 11 is 0. The summed E-state index contributed by atoms with van der Waals surface area (Å²) < 4.78 is 9.82. The molecule has 0 spiro atoms. The number of esters is 1. The van der Waals surface area contributed by atoms with Crippen LogP contribution in [0, 0.1) is 5.92 Å². The van der Waals surface area contributed by atoms with Gasteiger partial charge in [-0.15, -0.1) is 0 Å². The number of imide groups is 3. The zero-order valence-corrected chi connectivity index (χ0v) is 12.7. The van der Waals surface area contributed by atoms with E-state index in [0.717, 1.165) is 0 Å². The zero-order chi connectivity index (χ0) is 16.7. The van der Waals surface area contributed by atoms with E-state index in [1.807, 2.05) is 0 Å². The molecular formula is C13H17N3O6. The van der Waals surface area contributed by atoms with Crippen LogP contribution in [-0.4, -0.2) is 52.7 Å². The van der Waals surface area contributed by atoms with Crippen LogP contribution >= 0.6 is 0 Å². The molecule has 0 aromatic heterocycles. The Morgan fingerprint density at radius 2 is 1.91 bits per heavy atom. The van der Waals surface area contributed by atoms with E-state index in [9.17, 15) is 19.2 Å². The van der Waals surface area contributed by atoms with Gasteiger partial charge in [0.15, 0.2) is 5.71 Å². The molecule has 0 radical (unpaired) electrons. The minimum absolute atomic E-state index is 0.104. The molecule has 2 aliphatic heterocycles. The monoisotopic (exact) mass is 311 g/mol. The topological polar surface area (TPSA) is 114 Å². The Hall–Kier alpha value is -2.45. The number of likely N-dealkylation sites (tertiary alicyclic amines) is 1. The van der Waals surface area contributed by atoms with E-state index in [1.165, 1.54) is 0 Å². The molecule has 1 N–H and O–H groups in total. The van der Waals surface area contributed by atoms with E-state index in [4.69, 9.17) is 9.47 Å². The number of fused-ring (bicyclic) bond motifs is 1. The molecule has 120 valence electrons. The minimum atomic E-state index is -1.17. The maximum atomic E-state index is 12.3. The second-order valence-electron chi connectivity index (χ2n) is 5.79. The number of amides is 3. The van der Waals surface area contributed by atoms with Gasteiger partial charge in [0, 0.05) is 0 Å². The smallest absolute Gasteiger partial charge is 0.424 e. The summed E-state index contributed by atoms with van der Waals surface area (Å²) in [6.07, 6.45) is -1.07. The minimum Gasteiger partial charge on any atom is -0.461 e. The summed E-state index contributed by atoms with van der Waals surface area (Å²) in [6.45, 7) is 6.54. The third-order valence-electron chi connectivity index (χ3n) is 2.99. The van der Waals surface area contributed by atoms with Crippen molar-refractivity contribution in [3.63, 3.8) is 0 Å². The molecule has 2 aliphatic rings.